The van der Waals surface area contributed by atoms with Crippen LogP contribution in [0.5, 0.6) is 0 Å². The highest BCUT2D eigenvalue weighted by atomic mass is 15.0. The van der Waals surface area contributed by atoms with Crippen molar-refractivity contribution >= 4 is 0 Å². The summed E-state index contributed by atoms with van der Waals surface area (Å²) in [5.41, 5.74) is 0.479. The largest absolute Gasteiger partial charge is 0.312 e. The van der Waals surface area contributed by atoms with Gasteiger partial charge in [-0.05, 0) is 26.3 Å². The van der Waals surface area contributed by atoms with Gasteiger partial charge >= 0.3 is 0 Å². The SMILES string of the molecule is CCNC1(C)CCCCC1. The summed E-state index contributed by atoms with van der Waals surface area (Å²) in [6.45, 7) is 5.67. The van der Waals surface area contributed by atoms with Crippen LogP contribution in [-0.2, 0) is 0 Å². The predicted molar refractivity (Wildman–Crippen MR) is 45.2 cm³/mol. The van der Waals surface area contributed by atoms with Crippen LogP contribution in [0.3, 0.4) is 0 Å². The van der Waals surface area contributed by atoms with Gasteiger partial charge in [0, 0.05) is 5.54 Å². The molecule has 0 amide bonds. The van der Waals surface area contributed by atoms with Crippen molar-refractivity contribution in [3.05, 3.63) is 0 Å². The summed E-state index contributed by atoms with van der Waals surface area (Å²) in [7, 11) is 0. The molecule has 0 aromatic heterocycles. The van der Waals surface area contributed by atoms with Crippen molar-refractivity contribution in [2.75, 3.05) is 6.54 Å². The molecule has 0 radical (unpaired) electrons. The minimum absolute atomic E-state index is 0.479. The lowest BCUT2D eigenvalue weighted by Gasteiger charge is -2.34. The Kier molecular flexibility index (Phi) is 2.72. The van der Waals surface area contributed by atoms with Gasteiger partial charge in [-0.15, -0.1) is 0 Å². The fourth-order valence-electron chi connectivity index (χ4n) is 1.94. The first kappa shape index (κ1) is 8.06. The second kappa shape index (κ2) is 3.38. The summed E-state index contributed by atoms with van der Waals surface area (Å²) in [5.74, 6) is 0. The van der Waals surface area contributed by atoms with Crippen LogP contribution in [-0.4, -0.2) is 12.1 Å². The molecule has 0 spiro atoms. The van der Waals surface area contributed by atoms with E-state index in [0.717, 1.165) is 6.54 Å². The van der Waals surface area contributed by atoms with E-state index in [1.54, 1.807) is 0 Å². The standard InChI is InChI=1S/C9H19N/c1-3-10-9(2)7-5-4-6-8-9/h10H,3-8H2,1-2H3. The van der Waals surface area contributed by atoms with Crippen molar-refractivity contribution in [1.29, 1.82) is 0 Å². The van der Waals surface area contributed by atoms with E-state index in [9.17, 15) is 0 Å². The molecule has 0 atom stereocenters. The normalized spacial score (nSPS) is 24.6. The van der Waals surface area contributed by atoms with E-state index in [2.05, 4.69) is 19.2 Å². The molecule has 0 aromatic carbocycles. The number of hydrogen-bond donors (Lipinski definition) is 1. The van der Waals surface area contributed by atoms with Crippen LogP contribution in [0.2, 0.25) is 0 Å². The molecule has 0 aliphatic heterocycles. The lowest BCUT2D eigenvalue weighted by Crippen LogP contribution is -2.43. The summed E-state index contributed by atoms with van der Waals surface area (Å²) in [6.07, 6.45) is 7.04. The van der Waals surface area contributed by atoms with Gasteiger partial charge in [-0.2, -0.15) is 0 Å². The van der Waals surface area contributed by atoms with Crippen LogP contribution in [0, 0.1) is 0 Å². The van der Waals surface area contributed by atoms with Crippen LogP contribution in [0.25, 0.3) is 0 Å². The molecule has 1 aliphatic rings. The second-order valence-corrected chi connectivity index (χ2v) is 3.65. The first-order valence-electron chi connectivity index (χ1n) is 4.52. The van der Waals surface area contributed by atoms with Gasteiger partial charge in [-0.3, -0.25) is 0 Å². The maximum atomic E-state index is 3.56. The summed E-state index contributed by atoms with van der Waals surface area (Å²) >= 11 is 0. The predicted octanol–water partition coefficient (Wildman–Crippen LogP) is 2.32. The van der Waals surface area contributed by atoms with Gasteiger partial charge in [0.2, 0.25) is 0 Å². The van der Waals surface area contributed by atoms with Crippen molar-refractivity contribution in [1.82, 2.24) is 5.32 Å². The molecule has 0 unspecified atom stereocenters. The summed E-state index contributed by atoms with van der Waals surface area (Å²) < 4.78 is 0. The summed E-state index contributed by atoms with van der Waals surface area (Å²) in [4.78, 5) is 0. The molecule has 1 N–H and O–H groups in total. The van der Waals surface area contributed by atoms with Gasteiger partial charge in [0.05, 0.1) is 0 Å². The Labute approximate surface area is 64.2 Å². The molecule has 1 rings (SSSR count). The van der Waals surface area contributed by atoms with Crippen molar-refractivity contribution in [3.63, 3.8) is 0 Å². The summed E-state index contributed by atoms with van der Waals surface area (Å²) in [6, 6.07) is 0. The minimum Gasteiger partial charge on any atom is -0.312 e. The molecular weight excluding hydrogens is 122 g/mol. The molecule has 1 saturated carbocycles. The van der Waals surface area contributed by atoms with Gasteiger partial charge < -0.3 is 5.32 Å². The average Bonchev–Trinajstić information content (AvgIpc) is 1.89. The van der Waals surface area contributed by atoms with E-state index >= 15 is 0 Å². The van der Waals surface area contributed by atoms with Crippen LogP contribution < -0.4 is 5.32 Å². The molecule has 10 heavy (non-hydrogen) atoms. The molecule has 1 aliphatic carbocycles. The zero-order valence-corrected chi connectivity index (χ0v) is 7.24. The third kappa shape index (κ3) is 1.98. The number of hydrogen-bond acceptors (Lipinski definition) is 1. The maximum Gasteiger partial charge on any atom is 0.0153 e. The highest BCUT2D eigenvalue weighted by Crippen LogP contribution is 2.26. The Morgan fingerprint density at radius 1 is 1.20 bits per heavy atom. The van der Waals surface area contributed by atoms with E-state index in [0.29, 0.717) is 5.54 Å². The molecule has 1 nitrogen and oxygen atoms in total. The number of rotatable bonds is 2. The maximum absolute atomic E-state index is 3.56. The second-order valence-electron chi connectivity index (χ2n) is 3.65. The van der Waals surface area contributed by atoms with Crippen molar-refractivity contribution < 1.29 is 0 Å². The zero-order chi connectivity index (χ0) is 7.45. The van der Waals surface area contributed by atoms with Gasteiger partial charge in [0.1, 0.15) is 0 Å². The fourth-order valence-corrected chi connectivity index (χ4v) is 1.94. The van der Waals surface area contributed by atoms with E-state index in [4.69, 9.17) is 0 Å². The molecule has 0 bridgehead atoms. The van der Waals surface area contributed by atoms with E-state index in [-0.39, 0.29) is 0 Å². The average molecular weight is 141 g/mol. The van der Waals surface area contributed by atoms with Crippen molar-refractivity contribution in [2.24, 2.45) is 0 Å². The van der Waals surface area contributed by atoms with Gasteiger partial charge in [-0.25, -0.2) is 0 Å². The Balaban J connectivity index is 2.32. The van der Waals surface area contributed by atoms with E-state index in [1.807, 2.05) is 0 Å². The Morgan fingerprint density at radius 3 is 2.30 bits per heavy atom. The number of nitrogens with one attached hydrogen (secondary N) is 1. The lowest BCUT2D eigenvalue weighted by atomic mass is 9.83. The van der Waals surface area contributed by atoms with Crippen molar-refractivity contribution in [2.45, 2.75) is 51.5 Å². The molecule has 60 valence electrons. The first-order valence-corrected chi connectivity index (χ1v) is 4.52. The molecule has 1 fully saturated rings. The van der Waals surface area contributed by atoms with Gasteiger partial charge in [0.25, 0.3) is 0 Å². The first-order chi connectivity index (χ1) is 4.77. The highest BCUT2D eigenvalue weighted by Gasteiger charge is 2.24. The Morgan fingerprint density at radius 2 is 1.80 bits per heavy atom. The topological polar surface area (TPSA) is 12.0 Å². The molecule has 0 heterocycles. The van der Waals surface area contributed by atoms with E-state index < -0.39 is 0 Å². The molecule has 0 aromatic rings. The molecular formula is C9H19N. The Bertz CT molecular complexity index is 87.4. The quantitative estimate of drug-likeness (QED) is 0.622. The summed E-state index contributed by atoms with van der Waals surface area (Å²) in [5, 5.41) is 3.56. The van der Waals surface area contributed by atoms with Crippen LogP contribution in [0.1, 0.15) is 46.0 Å². The van der Waals surface area contributed by atoms with Crippen molar-refractivity contribution in [3.8, 4) is 0 Å². The third-order valence-electron chi connectivity index (χ3n) is 2.56. The van der Waals surface area contributed by atoms with E-state index in [1.165, 1.54) is 32.1 Å². The fraction of sp³-hybridized carbons (Fsp3) is 1.00. The van der Waals surface area contributed by atoms with Gasteiger partial charge in [-0.1, -0.05) is 26.2 Å². The third-order valence-corrected chi connectivity index (χ3v) is 2.56. The molecule has 0 saturated heterocycles. The van der Waals surface area contributed by atoms with Crippen LogP contribution >= 0.6 is 0 Å². The van der Waals surface area contributed by atoms with Gasteiger partial charge in [0.15, 0.2) is 0 Å². The van der Waals surface area contributed by atoms with Crippen LogP contribution in [0.4, 0.5) is 0 Å². The monoisotopic (exact) mass is 141 g/mol. The molecule has 1 heteroatoms. The highest BCUT2D eigenvalue weighted by molar-refractivity contribution is 4.85. The smallest absolute Gasteiger partial charge is 0.0153 e. The van der Waals surface area contributed by atoms with Crippen LogP contribution in [0.15, 0.2) is 0 Å². The minimum atomic E-state index is 0.479. The zero-order valence-electron chi connectivity index (χ0n) is 7.24. The lowest BCUT2D eigenvalue weighted by molar-refractivity contribution is 0.259. The Hall–Kier alpha value is -0.0400.